The van der Waals surface area contributed by atoms with E-state index in [1.807, 2.05) is 6.07 Å². The van der Waals surface area contributed by atoms with Gasteiger partial charge < -0.3 is 10.2 Å². The Hall–Kier alpha value is -1.09. The lowest BCUT2D eigenvalue weighted by molar-refractivity contribution is 0.263. The molecule has 92 valence electrons. The van der Waals surface area contributed by atoms with Crippen molar-refractivity contribution in [1.82, 2.24) is 4.90 Å². The van der Waals surface area contributed by atoms with Gasteiger partial charge >= 0.3 is 0 Å². The van der Waals surface area contributed by atoms with Crippen molar-refractivity contribution in [3.63, 3.8) is 0 Å². The molecule has 2 heterocycles. The van der Waals surface area contributed by atoms with Gasteiger partial charge in [-0.05, 0) is 50.6 Å². The molecule has 0 aliphatic carbocycles. The monoisotopic (exact) mass is 234 g/mol. The maximum absolute atomic E-state index is 13.2. The number of hydrogen-bond acceptors (Lipinski definition) is 2. The van der Waals surface area contributed by atoms with Crippen LogP contribution in [0.5, 0.6) is 0 Å². The van der Waals surface area contributed by atoms with Gasteiger partial charge in [0.25, 0.3) is 0 Å². The molecular formula is C14H19FN2. The quantitative estimate of drug-likeness (QED) is 0.803. The number of nitrogens with one attached hydrogen (secondary N) is 1. The predicted molar refractivity (Wildman–Crippen MR) is 67.9 cm³/mol. The Bertz CT molecular complexity index is 419. The first-order chi connectivity index (χ1) is 8.25. The highest BCUT2D eigenvalue weighted by atomic mass is 19.1. The molecule has 0 aromatic heterocycles. The predicted octanol–water partition coefficient (Wildman–Crippen LogP) is 2.82. The van der Waals surface area contributed by atoms with Crippen molar-refractivity contribution in [2.24, 2.45) is 0 Å². The van der Waals surface area contributed by atoms with Crippen LogP contribution in [0.2, 0.25) is 0 Å². The summed E-state index contributed by atoms with van der Waals surface area (Å²) >= 11 is 0. The Kier molecular flexibility index (Phi) is 2.79. The number of likely N-dealkylation sites (N-methyl/N-ethyl adjacent to an activating group) is 1. The zero-order valence-corrected chi connectivity index (χ0v) is 10.2. The fourth-order valence-electron chi connectivity index (χ4n) is 3.37. The Labute approximate surface area is 102 Å². The van der Waals surface area contributed by atoms with Crippen molar-refractivity contribution in [1.29, 1.82) is 0 Å². The summed E-state index contributed by atoms with van der Waals surface area (Å²) in [5, 5.41) is 3.31. The van der Waals surface area contributed by atoms with Gasteiger partial charge in [-0.15, -0.1) is 0 Å². The summed E-state index contributed by atoms with van der Waals surface area (Å²) in [6, 6.07) is 5.83. The highest BCUT2D eigenvalue weighted by molar-refractivity contribution is 5.55. The smallest absolute Gasteiger partial charge is 0.125 e. The van der Waals surface area contributed by atoms with Crippen LogP contribution in [0.4, 0.5) is 10.1 Å². The molecule has 3 rings (SSSR count). The van der Waals surface area contributed by atoms with E-state index in [1.165, 1.54) is 24.9 Å². The van der Waals surface area contributed by atoms with Crippen LogP contribution < -0.4 is 5.32 Å². The second-order valence-corrected chi connectivity index (χ2v) is 5.24. The van der Waals surface area contributed by atoms with Crippen molar-refractivity contribution in [3.05, 3.63) is 29.6 Å². The number of hydrogen-bond donors (Lipinski definition) is 1. The summed E-state index contributed by atoms with van der Waals surface area (Å²) < 4.78 is 13.2. The third kappa shape index (κ3) is 1.93. The summed E-state index contributed by atoms with van der Waals surface area (Å²) in [4.78, 5) is 2.46. The van der Waals surface area contributed by atoms with Gasteiger partial charge in [-0.1, -0.05) is 6.07 Å². The minimum absolute atomic E-state index is 0.142. The molecule has 2 aliphatic heterocycles. The summed E-state index contributed by atoms with van der Waals surface area (Å²) in [7, 11) is 2.21. The molecule has 2 aliphatic rings. The van der Waals surface area contributed by atoms with E-state index >= 15 is 0 Å². The normalized spacial score (nSPS) is 28.8. The average Bonchev–Trinajstić information content (AvgIpc) is 2.74. The van der Waals surface area contributed by atoms with E-state index in [1.54, 1.807) is 12.1 Å². The molecule has 17 heavy (non-hydrogen) atoms. The highest BCUT2D eigenvalue weighted by Crippen LogP contribution is 2.39. The minimum atomic E-state index is -0.142. The molecule has 2 unspecified atom stereocenters. The zero-order chi connectivity index (χ0) is 11.8. The summed E-state index contributed by atoms with van der Waals surface area (Å²) in [6.45, 7) is 2.16. The van der Waals surface area contributed by atoms with Crippen LogP contribution in [0, 0.1) is 5.82 Å². The number of likely N-dealkylation sites (tertiary alicyclic amines) is 1. The molecule has 1 aromatic rings. The standard InChI is InChI=1S/C14H19FN2/c1-17-8-2-3-14(17)12-6-7-16-13-9-10(15)4-5-11(12)13/h4-5,9,12,14,16H,2-3,6-8H2,1H3. The van der Waals surface area contributed by atoms with Crippen molar-refractivity contribution in [2.45, 2.75) is 31.2 Å². The Balaban J connectivity index is 1.93. The van der Waals surface area contributed by atoms with E-state index in [4.69, 9.17) is 0 Å². The van der Waals surface area contributed by atoms with Crippen molar-refractivity contribution >= 4 is 5.69 Å². The average molecular weight is 234 g/mol. The van der Waals surface area contributed by atoms with E-state index in [0.717, 1.165) is 18.7 Å². The first-order valence-corrected chi connectivity index (χ1v) is 6.49. The molecule has 3 heteroatoms. The first kappa shape index (κ1) is 11.0. The van der Waals surface area contributed by atoms with Gasteiger partial charge in [-0.25, -0.2) is 4.39 Å². The topological polar surface area (TPSA) is 15.3 Å². The SMILES string of the molecule is CN1CCCC1C1CCNc2cc(F)ccc21. The van der Waals surface area contributed by atoms with Crippen LogP contribution in [0.1, 0.15) is 30.7 Å². The molecular weight excluding hydrogens is 215 g/mol. The van der Waals surface area contributed by atoms with Crippen LogP contribution in [0.25, 0.3) is 0 Å². The Morgan fingerprint density at radius 2 is 2.24 bits per heavy atom. The molecule has 0 saturated carbocycles. The third-order valence-electron chi connectivity index (χ3n) is 4.23. The third-order valence-corrected chi connectivity index (χ3v) is 4.23. The van der Waals surface area contributed by atoms with Gasteiger partial charge in [0.2, 0.25) is 0 Å². The minimum Gasteiger partial charge on any atom is -0.385 e. The summed E-state index contributed by atoms with van der Waals surface area (Å²) in [5.41, 5.74) is 2.30. The van der Waals surface area contributed by atoms with Gasteiger partial charge in [0, 0.05) is 24.2 Å². The van der Waals surface area contributed by atoms with Crippen LogP contribution in [-0.2, 0) is 0 Å². The lowest BCUT2D eigenvalue weighted by Crippen LogP contribution is -2.34. The van der Waals surface area contributed by atoms with Gasteiger partial charge in [-0.2, -0.15) is 0 Å². The molecule has 1 aromatic carbocycles. The van der Waals surface area contributed by atoms with E-state index in [0.29, 0.717) is 12.0 Å². The molecule has 0 bridgehead atoms. The zero-order valence-electron chi connectivity index (χ0n) is 10.2. The van der Waals surface area contributed by atoms with E-state index in [9.17, 15) is 4.39 Å². The molecule has 1 N–H and O–H groups in total. The number of fused-ring (bicyclic) bond motifs is 1. The van der Waals surface area contributed by atoms with Crippen LogP contribution in [0.3, 0.4) is 0 Å². The van der Waals surface area contributed by atoms with Gasteiger partial charge in [0.1, 0.15) is 5.82 Å². The largest absolute Gasteiger partial charge is 0.385 e. The highest BCUT2D eigenvalue weighted by Gasteiger charge is 2.33. The molecule has 0 amide bonds. The number of benzene rings is 1. The molecule has 1 saturated heterocycles. The maximum atomic E-state index is 13.2. The number of halogens is 1. The fraction of sp³-hybridized carbons (Fsp3) is 0.571. The van der Waals surface area contributed by atoms with E-state index in [2.05, 4.69) is 17.3 Å². The van der Waals surface area contributed by atoms with E-state index in [-0.39, 0.29) is 5.82 Å². The molecule has 2 nitrogen and oxygen atoms in total. The van der Waals surface area contributed by atoms with Gasteiger partial charge in [0.05, 0.1) is 0 Å². The maximum Gasteiger partial charge on any atom is 0.125 e. The van der Waals surface area contributed by atoms with Gasteiger partial charge in [-0.3, -0.25) is 0 Å². The second-order valence-electron chi connectivity index (χ2n) is 5.24. The van der Waals surface area contributed by atoms with Crippen LogP contribution in [0.15, 0.2) is 18.2 Å². The fourth-order valence-corrected chi connectivity index (χ4v) is 3.37. The first-order valence-electron chi connectivity index (χ1n) is 6.49. The molecule has 0 radical (unpaired) electrons. The van der Waals surface area contributed by atoms with Gasteiger partial charge in [0.15, 0.2) is 0 Å². The van der Waals surface area contributed by atoms with Crippen molar-refractivity contribution in [2.75, 3.05) is 25.5 Å². The lowest BCUT2D eigenvalue weighted by Gasteiger charge is -2.34. The summed E-state index contributed by atoms with van der Waals surface area (Å²) in [6.07, 6.45) is 3.73. The second kappa shape index (κ2) is 4.30. The van der Waals surface area contributed by atoms with E-state index < -0.39 is 0 Å². The Morgan fingerprint density at radius 3 is 3.00 bits per heavy atom. The van der Waals surface area contributed by atoms with Crippen molar-refractivity contribution in [3.8, 4) is 0 Å². The Morgan fingerprint density at radius 1 is 1.35 bits per heavy atom. The molecule has 1 fully saturated rings. The molecule has 0 spiro atoms. The lowest BCUT2D eigenvalue weighted by atomic mass is 9.84. The van der Waals surface area contributed by atoms with Crippen LogP contribution in [-0.4, -0.2) is 31.1 Å². The number of anilines is 1. The number of nitrogens with zero attached hydrogens (tertiary/aromatic N) is 1. The van der Waals surface area contributed by atoms with Crippen LogP contribution >= 0.6 is 0 Å². The molecule has 2 atom stereocenters. The summed E-state index contributed by atoms with van der Waals surface area (Å²) in [5.74, 6) is 0.427. The van der Waals surface area contributed by atoms with Crippen molar-refractivity contribution < 1.29 is 4.39 Å². The number of rotatable bonds is 1.